The van der Waals surface area contributed by atoms with E-state index in [2.05, 4.69) is 45.4 Å². The Labute approximate surface area is 160 Å². The molecule has 6 rings (SSSR count). The van der Waals surface area contributed by atoms with Gasteiger partial charge < -0.3 is 19.5 Å². The Hall–Kier alpha value is -2.11. The summed E-state index contributed by atoms with van der Waals surface area (Å²) >= 11 is 0. The molecule has 1 aromatic heterocycles. The molecule has 1 amide bonds. The fraction of sp³-hybridized carbons (Fsp3) is 0.500. The van der Waals surface area contributed by atoms with Crippen LogP contribution in [0.25, 0.3) is 0 Å². The van der Waals surface area contributed by atoms with E-state index in [1.165, 1.54) is 5.56 Å². The monoisotopic (exact) mass is 365 g/mol. The van der Waals surface area contributed by atoms with Crippen LogP contribution in [0.5, 0.6) is 0 Å². The molecule has 3 atom stereocenters. The van der Waals surface area contributed by atoms with Gasteiger partial charge in [0, 0.05) is 56.6 Å². The number of nitrogens with zero attached hydrogens (tertiary/aromatic N) is 2. The second-order valence-electron chi connectivity index (χ2n) is 8.53. The van der Waals surface area contributed by atoms with Gasteiger partial charge in [-0.3, -0.25) is 4.79 Å². The Morgan fingerprint density at radius 3 is 2.37 bits per heavy atom. The summed E-state index contributed by atoms with van der Waals surface area (Å²) in [5, 5.41) is 3.45. The number of carbonyl (C=O) groups excluding carboxylic acids is 1. The topological polar surface area (TPSA) is 48.7 Å². The molecule has 1 N–H and O–H groups in total. The number of aryl methyl sites for hydroxylation is 2. The van der Waals surface area contributed by atoms with Gasteiger partial charge in [-0.2, -0.15) is 0 Å². The number of fused-ring (bicyclic) bond motifs is 1. The highest BCUT2D eigenvalue weighted by Crippen LogP contribution is 2.43. The number of piperidine rings is 2. The van der Waals surface area contributed by atoms with E-state index in [0.717, 1.165) is 45.0 Å². The molecule has 4 bridgehead atoms. The molecule has 4 saturated heterocycles. The van der Waals surface area contributed by atoms with E-state index in [9.17, 15) is 4.79 Å². The first kappa shape index (κ1) is 17.0. The number of nitrogens with one attached hydrogen (secondary N) is 1. The maximum absolute atomic E-state index is 13.1. The van der Waals surface area contributed by atoms with Gasteiger partial charge in [0.1, 0.15) is 11.5 Å². The number of benzene rings is 1. The smallest absolute Gasteiger partial charge is 0.255 e. The van der Waals surface area contributed by atoms with Gasteiger partial charge in [0.05, 0.1) is 5.56 Å². The molecule has 1 aromatic carbocycles. The fourth-order valence-corrected chi connectivity index (χ4v) is 5.64. The van der Waals surface area contributed by atoms with Crippen LogP contribution in [0.1, 0.15) is 27.4 Å². The number of furan rings is 1. The molecule has 5 heteroatoms. The van der Waals surface area contributed by atoms with Crippen LogP contribution in [-0.4, -0.2) is 61.0 Å². The minimum atomic E-state index is -0.0543. The molecule has 5 nitrogen and oxygen atoms in total. The highest BCUT2D eigenvalue weighted by atomic mass is 16.3. The van der Waals surface area contributed by atoms with Gasteiger partial charge in [-0.25, -0.2) is 0 Å². The van der Waals surface area contributed by atoms with Crippen LogP contribution in [0, 0.1) is 19.8 Å². The van der Waals surface area contributed by atoms with Crippen LogP contribution in [-0.2, 0) is 5.41 Å². The summed E-state index contributed by atoms with van der Waals surface area (Å²) in [6.07, 6.45) is 0. The van der Waals surface area contributed by atoms with Gasteiger partial charge >= 0.3 is 0 Å². The van der Waals surface area contributed by atoms with Crippen LogP contribution in [0.2, 0.25) is 0 Å². The van der Waals surface area contributed by atoms with Crippen molar-refractivity contribution in [3.05, 3.63) is 59.0 Å². The third kappa shape index (κ3) is 2.72. The molecule has 5 heterocycles. The zero-order valence-electron chi connectivity index (χ0n) is 16.1. The molecular formula is C22H27N3O2. The van der Waals surface area contributed by atoms with E-state index >= 15 is 0 Å². The van der Waals surface area contributed by atoms with Gasteiger partial charge in [0.25, 0.3) is 5.91 Å². The van der Waals surface area contributed by atoms with Crippen molar-refractivity contribution in [1.29, 1.82) is 0 Å². The molecule has 142 valence electrons. The number of hydrogen-bond donors (Lipinski definition) is 1. The van der Waals surface area contributed by atoms with Crippen molar-refractivity contribution in [2.24, 2.45) is 5.92 Å². The predicted molar refractivity (Wildman–Crippen MR) is 104 cm³/mol. The number of hydrogen-bond acceptors (Lipinski definition) is 4. The first-order valence-electron chi connectivity index (χ1n) is 9.93. The minimum absolute atomic E-state index is 0.000744. The molecule has 0 radical (unpaired) electrons. The van der Waals surface area contributed by atoms with Crippen LogP contribution in [0.4, 0.5) is 0 Å². The molecule has 27 heavy (non-hydrogen) atoms. The van der Waals surface area contributed by atoms with Crippen LogP contribution >= 0.6 is 0 Å². The quantitative estimate of drug-likeness (QED) is 0.906. The maximum atomic E-state index is 13.1. The summed E-state index contributed by atoms with van der Waals surface area (Å²) in [6.45, 7) is 10.2. The molecule has 0 saturated carbocycles. The molecule has 4 aliphatic rings. The van der Waals surface area contributed by atoms with Gasteiger partial charge in [0.15, 0.2) is 0 Å². The number of amides is 1. The van der Waals surface area contributed by atoms with Crippen molar-refractivity contribution < 1.29 is 9.21 Å². The van der Waals surface area contributed by atoms with Gasteiger partial charge in [-0.15, -0.1) is 0 Å². The summed E-state index contributed by atoms with van der Waals surface area (Å²) in [5.41, 5.74) is 1.96. The maximum Gasteiger partial charge on any atom is 0.255 e. The Kier molecular flexibility index (Phi) is 3.92. The van der Waals surface area contributed by atoms with E-state index in [1.54, 1.807) is 0 Å². The molecule has 4 aliphatic heterocycles. The largest absolute Gasteiger partial charge is 0.466 e. The average molecular weight is 365 g/mol. The lowest BCUT2D eigenvalue weighted by atomic mass is 9.64. The normalized spacial score (nSPS) is 34.4. The number of carbonyl (C=O) groups is 1. The van der Waals surface area contributed by atoms with E-state index in [-0.39, 0.29) is 17.4 Å². The van der Waals surface area contributed by atoms with Gasteiger partial charge in [0.2, 0.25) is 0 Å². The lowest BCUT2D eigenvalue weighted by Crippen LogP contribution is -2.70. The van der Waals surface area contributed by atoms with Crippen molar-refractivity contribution in [2.45, 2.75) is 25.3 Å². The van der Waals surface area contributed by atoms with Gasteiger partial charge in [-0.05, 0) is 25.5 Å². The average Bonchev–Trinajstić information content (AvgIpc) is 2.82. The van der Waals surface area contributed by atoms with E-state index in [0.29, 0.717) is 17.2 Å². The summed E-state index contributed by atoms with van der Waals surface area (Å²) < 4.78 is 5.60. The van der Waals surface area contributed by atoms with Crippen molar-refractivity contribution >= 4 is 5.91 Å². The minimum Gasteiger partial charge on any atom is -0.466 e. The number of rotatable bonds is 3. The van der Waals surface area contributed by atoms with E-state index < -0.39 is 0 Å². The zero-order valence-corrected chi connectivity index (χ0v) is 16.1. The molecule has 2 unspecified atom stereocenters. The van der Waals surface area contributed by atoms with Crippen LogP contribution in [0.3, 0.4) is 0 Å². The summed E-state index contributed by atoms with van der Waals surface area (Å²) in [5.74, 6) is 1.94. The highest BCUT2D eigenvalue weighted by molar-refractivity contribution is 5.95. The van der Waals surface area contributed by atoms with Gasteiger partial charge in [-0.1, -0.05) is 30.3 Å². The second kappa shape index (κ2) is 6.21. The second-order valence-corrected chi connectivity index (χ2v) is 8.53. The van der Waals surface area contributed by atoms with E-state index in [1.807, 2.05) is 19.9 Å². The van der Waals surface area contributed by atoms with E-state index in [4.69, 9.17) is 4.42 Å². The Bertz CT molecular complexity index is 844. The Morgan fingerprint density at radius 2 is 1.78 bits per heavy atom. The van der Waals surface area contributed by atoms with Crippen LogP contribution in [0.15, 0.2) is 40.8 Å². The van der Waals surface area contributed by atoms with Crippen molar-refractivity contribution in [1.82, 2.24) is 15.1 Å². The molecule has 0 aliphatic carbocycles. The lowest BCUT2D eigenvalue weighted by molar-refractivity contribution is 0.0180. The van der Waals surface area contributed by atoms with Crippen molar-refractivity contribution in [3.63, 3.8) is 0 Å². The third-order valence-electron chi connectivity index (χ3n) is 6.72. The Balaban J connectivity index is 1.53. The molecular weight excluding hydrogens is 338 g/mol. The molecule has 0 spiro atoms. The summed E-state index contributed by atoms with van der Waals surface area (Å²) in [4.78, 5) is 18.3. The fourth-order valence-electron chi connectivity index (χ4n) is 5.64. The molecule has 4 fully saturated rings. The van der Waals surface area contributed by atoms with Crippen molar-refractivity contribution in [2.75, 3.05) is 39.3 Å². The zero-order chi connectivity index (χ0) is 18.6. The lowest BCUT2D eigenvalue weighted by Gasteiger charge is -2.55. The van der Waals surface area contributed by atoms with Crippen LogP contribution < -0.4 is 5.32 Å². The highest BCUT2D eigenvalue weighted by Gasteiger charge is 2.55. The summed E-state index contributed by atoms with van der Waals surface area (Å²) in [7, 11) is 0. The van der Waals surface area contributed by atoms with Crippen molar-refractivity contribution in [3.8, 4) is 0 Å². The SMILES string of the molecule is Cc1cc(C(=O)N[C@H]2C3CN4CCN(C3)CC2(c2ccccc2)C4)c(C)o1. The Morgan fingerprint density at radius 1 is 1.11 bits per heavy atom. The standard InChI is InChI=1S/C22H27N3O2/c1-15-10-19(16(2)27-15)21(26)23-20-17-11-24-8-9-25(12-17)14-22(20,13-24)18-6-4-3-5-7-18/h3-7,10,17,20H,8-9,11-14H2,1-2H3,(H,23,26)/t17?,20-,22?/m0/s1. The third-order valence-corrected chi connectivity index (χ3v) is 6.72. The predicted octanol–water partition coefficient (Wildman–Crippen LogP) is 2.19. The summed E-state index contributed by atoms with van der Waals surface area (Å²) in [6, 6.07) is 12.8. The first-order chi connectivity index (χ1) is 13.0. The molecule has 2 aromatic rings. The first-order valence-corrected chi connectivity index (χ1v) is 9.93.